The monoisotopic (exact) mass is 507 g/mol. The molecule has 3 aliphatic carbocycles. The van der Waals surface area contributed by atoms with Crippen LogP contribution in [0.1, 0.15) is 25.7 Å². The quantitative estimate of drug-likeness (QED) is 0.259. The topological polar surface area (TPSA) is 104 Å². The van der Waals surface area contributed by atoms with E-state index < -0.39 is 17.7 Å². The molecule has 3 heterocycles. The van der Waals surface area contributed by atoms with Crippen molar-refractivity contribution in [1.29, 1.82) is 0 Å². The van der Waals surface area contributed by atoms with Crippen molar-refractivity contribution in [2.45, 2.75) is 31.7 Å². The predicted octanol–water partition coefficient (Wildman–Crippen LogP) is 6.28. The standard InChI is InChI=1S/C30H26FN5O2/c31-19-13-22-23(15-33-27(22)32-14-19)29-35-26-20(16-5-2-1-3-6-16)7-4-8-21(26)28(36-29)34-25-18-11-9-17(10-12-18)24(25)30(37)38/h1-8,13-15,17-18,24-25H,9-12H2,(H,32,33)(H,37,38)(H,34,35,36). The van der Waals surface area contributed by atoms with Crippen molar-refractivity contribution >= 4 is 33.7 Å². The molecule has 8 heteroatoms. The molecular weight excluding hydrogens is 481 g/mol. The van der Waals surface area contributed by atoms with Gasteiger partial charge in [-0.2, -0.15) is 0 Å². The summed E-state index contributed by atoms with van der Waals surface area (Å²) in [5.41, 5.74) is 3.89. The molecule has 3 aliphatic rings. The molecular formula is C30H26FN5O2. The van der Waals surface area contributed by atoms with Gasteiger partial charge in [-0.3, -0.25) is 4.79 Å². The van der Waals surface area contributed by atoms with E-state index in [1.54, 1.807) is 6.20 Å². The average molecular weight is 508 g/mol. The zero-order valence-corrected chi connectivity index (χ0v) is 20.6. The lowest BCUT2D eigenvalue weighted by molar-refractivity contribution is -0.148. The fraction of sp³-hybridized carbons (Fsp3) is 0.267. The molecule has 0 saturated heterocycles. The van der Waals surface area contributed by atoms with E-state index >= 15 is 0 Å². The number of halogens is 1. The normalized spacial score (nSPS) is 22.7. The fourth-order valence-electron chi connectivity index (χ4n) is 6.57. The van der Waals surface area contributed by atoms with Gasteiger partial charge in [-0.1, -0.05) is 42.5 Å². The number of nitrogens with zero attached hydrogens (tertiary/aromatic N) is 3. The molecule has 2 aromatic carbocycles. The Morgan fingerprint density at radius 1 is 0.947 bits per heavy atom. The number of aromatic nitrogens is 4. The third-order valence-electron chi connectivity index (χ3n) is 8.36. The van der Waals surface area contributed by atoms with E-state index in [0.717, 1.165) is 47.7 Å². The lowest BCUT2D eigenvalue weighted by Crippen LogP contribution is -2.51. The van der Waals surface area contributed by atoms with Crippen LogP contribution >= 0.6 is 0 Å². The van der Waals surface area contributed by atoms with Crippen molar-refractivity contribution in [1.82, 2.24) is 19.9 Å². The number of hydrogen-bond donors (Lipinski definition) is 3. The van der Waals surface area contributed by atoms with Gasteiger partial charge in [-0.25, -0.2) is 19.3 Å². The second-order valence-electron chi connectivity index (χ2n) is 10.4. The molecule has 3 fully saturated rings. The van der Waals surface area contributed by atoms with Crippen LogP contribution in [0.15, 0.2) is 67.0 Å². The lowest BCUT2D eigenvalue weighted by Gasteiger charge is -2.47. The first-order valence-electron chi connectivity index (χ1n) is 13.1. The number of para-hydroxylation sites is 1. The number of hydrogen-bond acceptors (Lipinski definition) is 5. The van der Waals surface area contributed by atoms with Crippen LogP contribution in [-0.2, 0) is 4.79 Å². The third kappa shape index (κ3) is 3.70. The molecule has 190 valence electrons. The van der Waals surface area contributed by atoms with E-state index in [1.165, 1.54) is 12.3 Å². The number of carboxylic acids is 1. The van der Waals surface area contributed by atoms with Crippen LogP contribution in [0.2, 0.25) is 0 Å². The van der Waals surface area contributed by atoms with Crippen molar-refractivity contribution in [3.63, 3.8) is 0 Å². The highest BCUT2D eigenvalue weighted by Gasteiger charge is 2.47. The number of aliphatic carboxylic acids is 1. The Bertz CT molecular complexity index is 1680. The highest BCUT2D eigenvalue weighted by Crippen LogP contribution is 2.47. The Balaban J connectivity index is 1.44. The summed E-state index contributed by atoms with van der Waals surface area (Å²) >= 11 is 0. The van der Waals surface area contributed by atoms with Gasteiger partial charge in [0.2, 0.25) is 0 Å². The van der Waals surface area contributed by atoms with Crippen LogP contribution in [0.4, 0.5) is 10.2 Å². The summed E-state index contributed by atoms with van der Waals surface area (Å²) in [5, 5.41) is 15.2. The second-order valence-corrected chi connectivity index (χ2v) is 10.4. The van der Waals surface area contributed by atoms with Crippen molar-refractivity contribution in [2.24, 2.45) is 17.8 Å². The zero-order valence-electron chi connectivity index (χ0n) is 20.6. The molecule has 0 spiro atoms. The number of carboxylic acid groups (broad SMARTS) is 1. The van der Waals surface area contributed by atoms with Gasteiger partial charge in [-0.05, 0) is 55.2 Å². The van der Waals surface area contributed by atoms with Crippen molar-refractivity contribution < 1.29 is 14.3 Å². The molecule has 5 aromatic rings. The largest absolute Gasteiger partial charge is 0.481 e. The molecule has 0 aliphatic heterocycles. The summed E-state index contributed by atoms with van der Waals surface area (Å²) < 4.78 is 14.2. The highest BCUT2D eigenvalue weighted by atomic mass is 19.1. The molecule has 0 amide bonds. The number of aromatic amines is 1. The van der Waals surface area contributed by atoms with Crippen LogP contribution in [0, 0.1) is 23.6 Å². The Kier molecular flexibility index (Phi) is 5.35. The van der Waals surface area contributed by atoms with Gasteiger partial charge >= 0.3 is 5.97 Å². The Labute approximate surface area is 218 Å². The maximum Gasteiger partial charge on any atom is 0.308 e. The summed E-state index contributed by atoms with van der Waals surface area (Å²) in [4.78, 5) is 29.6. The highest BCUT2D eigenvalue weighted by molar-refractivity contribution is 6.01. The second kappa shape index (κ2) is 8.90. The summed E-state index contributed by atoms with van der Waals surface area (Å²) in [7, 11) is 0. The maximum atomic E-state index is 14.2. The SMILES string of the molecule is O=C(O)C1C2CCC(CC2)C1Nc1nc(-c2c[nH]c3ncc(F)cc23)nc2c(-c3ccccc3)cccc12. The number of H-pyrrole nitrogens is 1. The van der Waals surface area contributed by atoms with Crippen molar-refractivity contribution in [3.05, 3.63) is 72.8 Å². The zero-order chi connectivity index (χ0) is 25.8. The molecule has 2 atom stereocenters. The molecule has 3 aromatic heterocycles. The first kappa shape index (κ1) is 22.8. The average Bonchev–Trinajstić information content (AvgIpc) is 3.36. The van der Waals surface area contributed by atoms with Gasteiger partial charge in [-0.15, -0.1) is 0 Å². The predicted molar refractivity (Wildman–Crippen MR) is 144 cm³/mol. The van der Waals surface area contributed by atoms with Crippen LogP contribution in [-0.4, -0.2) is 37.1 Å². The Hall–Kier alpha value is -4.33. The van der Waals surface area contributed by atoms with Gasteiger partial charge in [0, 0.05) is 34.1 Å². The van der Waals surface area contributed by atoms with Gasteiger partial charge in [0.25, 0.3) is 0 Å². The Morgan fingerprint density at radius 3 is 2.53 bits per heavy atom. The van der Waals surface area contributed by atoms with E-state index in [2.05, 4.69) is 15.3 Å². The number of rotatable bonds is 5. The summed E-state index contributed by atoms with van der Waals surface area (Å²) in [6.45, 7) is 0. The number of pyridine rings is 1. The molecule has 3 saturated carbocycles. The maximum absolute atomic E-state index is 14.2. The molecule has 2 unspecified atom stereocenters. The summed E-state index contributed by atoms with van der Waals surface area (Å²) in [6, 6.07) is 17.2. The smallest absolute Gasteiger partial charge is 0.308 e. The molecule has 2 bridgehead atoms. The third-order valence-corrected chi connectivity index (χ3v) is 8.36. The fourth-order valence-corrected chi connectivity index (χ4v) is 6.57. The number of carbonyl (C=O) groups is 1. The number of anilines is 1. The summed E-state index contributed by atoms with van der Waals surface area (Å²) in [6.07, 6.45) is 6.88. The van der Waals surface area contributed by atoms with Gasteiger partial charge in [0.15, 0.2) is 5.82 Å². The van der Waals surface area contributed by atoms with E-state index in [1.807, 2.05) is 48.5 Å². The minimum Gasteiger partial charge on any atom is -0.481 e. The summed E-state index contributed by atoms with van der Waals surface area (Å²) in [5.74, 6) is -0.174. The molecule has 0 radical (unpaired) electrons. The lowest BCUT2D eigenvalue weighted by atomic mass is 9.61. The van der Waals surface area contributed by atoms with E-state index in [4.69, 9.17) is 9.97 Å². The van der Waals surface area contributed by atoms with Gasteiger partial charge in [0.05, 0.1) is 17.6 Å². The van der Waals surface area contributed by atoms with E-state index in [9.17, 15) is 14.3 Å². The molecule has 38 heavy (non-hydrogen) atoms. The van der Waals surface area contributed by atoms with Crippen LogP contribution < -0.4 is 5.32 Å². The molecule has 7 nitrogen and oxygen atoms in total. The minimum atomic E-state index is -0.751. The number of benzene rings is 2. The first-order valence-corrected chi connectivity index (χ1v) is 13.1. The molecule has 8 rings (SSSR count). The van der Waals surface area contributed by atoms with Gasteiger partial charge < -0.3 is 15.4 Å². The van der Waals surface area contributed by atoms with Crippen molar-refractivity contribution in [2.75, 3.05) is 5.32 Å². The van der Waals surface area contributed by atoms with Crippen LogP contribution in [0.5, 0.6) is 0 Å². The van der Waals surface area contributed by atoms with E-state index in [0.29, 0.717) is 28.2 Å². The van der Waals surface area contributed by atoms with Crippen LogP contribution in [0.25, 0.3) is 44.5 Å². The molecule has 3 N–H and O–H groups in total. The number of fused-ring (bicyclic) bond motifs is 5. The van der Waals surface area contributed by atoms with Crippen molar-refractivity contribution in [3.8, 4) is 22.5 Å². The van der Waals surface area contributed by atoms with E-state index in [-0.39, 0.29) is 17.9 Å². The number of nitrogens with one attached hydrogen (secondary N) is 2. The Morgan fingerprint density at radius 2 is 1.74 bits per heavy atom. The first-order chi connectivity index (χ1) is 18.6. The van der Waals surface area contributed by atoms with Gasteiger partial charge in [0.1, 0.15) is 17.3 Å². The minimum absolute atomic E-state index is 0.171. The van der Waals surface area contributed by atoms with Crippen LogP contribution in [0.3, 0.4) is 0 Å².